The van der Waals surface area contributed by atoms with Crippen molar-refractivity contribution in [3.8, 4) is 5.75 Å². The monoisotopic (exact) mass is 450 g/mol. The topological polar surface area (TPSA) is 18.5 Å². The molecule has 2 fully saturated rings. The average molecular weight is 451 g/mol. The van der Waals surface area contributed by atoms with Crippen LogP contribution in [0.4, 0.5) is 0 Å². The maximum atomic E-state index is 6.32. The van der Waals surface area contributed by atoms with E-state index in [2.05, 4.69) is 47.1 Å². The number of ether oxygens (including phenoxy) is 2. The summed E-state index contributed by atoms with van der Waals surface area (Å²) in [5.74, 6) is 3.44. The highest BCUT2D eigenvalue weighted by molar-refractivity contribution is 9.09. The fourth-order valence-corrected chi connectivity index (χ4v) is 5.49. The molecule has 3 rings (SSSR count). The molecule has 0 amide bonds. The normalized spacial score (nSPS) is 28.2. The summed E-state index contributed by atoms with van der Waals surface area (Å²) >= 11 is 3.58. The Morgan fingerprint density at radius 2 is 1.57 bits per heavy atom. The molecule has 0 saturated heterocycles. The summed E-state index contributed by atoms with van der Waals surface area (Å²) < 4.78 is 12.1. The second-order valence-corrected chi connectivity index (χ2v) is 9.74. The molecule has 28 heavy (non-hydrogen) atoms. The van der Waals surface area contributed by atoms with Crippen LogP contribution in [0.15, 0.2) is 24.3 Å². The second kappa shape index (κ2) is 12.2. The van der Waals surface area contributed by atoms with Gasteiger partial charge in [0.15, 0.2) is 0 Å². The Kier molecular flexibility index (Phi) is 9.67. The van der Waals surface area contributed by atoms with Crippen LogP contribution in [0.3, 0.4) is 0 Å². The summed E-state index contributed by atoms with van der Waals surface area (Å²) in [6.45, 7) is 4.02. The van der Waals surface area contributed by atoms with Crippen LogP contribution in [0.1, 0.15) is 89.0 Å². The molecule has 1 aromatic rings. The minimum atomic E-state index is 0.532. The lowest BCUT2D eigenvalue weighted by atomic mass is 9.79. The minimum absolute atomic E-state index is 0.532. The van der Waals surface area contributed by atoms with Gasteiger partial charge in [0.25, 0.3) is 0 Å². The van der Waals surface area contributed by atoms with E-state index >= 15 is 0 Å². The van der Waals surface area contributed by atoms with Gasteiger partial charge < -0.3 is 9.47 Å². The van der Waals surface area contributed by atoms with Gasteiger partial charge in [-0.15, -0.1) is 0 Å². The Balaban J connectivity index is 1.33. The maximum absolute atomic E-state index is 6.32. The number of halogens is 1. The molecule has 2 nitrogen and oxygen atoms in total. The van der Waals surface area contributed by atoms with Gasteiger partial charge in [0.1, 0.15) is 5.75 Å². The first-order valence-electron chi connectivity index (χ1n) is 11.7. The van der Waals surface area contributed by atoms with E-state index in [9.17, 15) is 0 Å². The molecule has 0 N–H and O–H groups in total. The zero-order chi connectivity index (χ0) is 19.6. The predicted octanol–water partition coefficient (Wildman–Crippen LogP) is 7.50. The Bertz CT molecular complexity index is 528. The molecule has 0 atom stereocenters. The average Bonchev–Trinajstić information content (AvgIpc) is 2.75. The molecule has 0 unspecified atom stereocenters. The van der Waals surface area contributed by atoms with Gasteiger partial charge in [-0.05, 0) is 99.7 Å². The molecule has 2 aliphatic carbocycles. The second-order valence-electron chi connectivity index (χ2n) is 8.94. The van der Waals surface area contributed by atoms with Crippen LogP contribution < -0.4 is 4.74 Å². The van der Waals surface area contributed by atoms with Gasteiger partial charge in [0.05, 0.1) is 12.7 Å². The highest BCUT2D eigenvalue weighted by Gasteiger charge is 2.25. The maximum Gasteiger partial charge on any atom is 0.119 e. The van der Waals surface area contributed by atoms with Crippen LogP contribution in [0.25, 0.3) is 0 Å². The molecule has 2 saturated carbocycles. The van der Waals surface area contributed by atoms with Crippen LogP contribution in [0, 0.1) is 11.8 Å². The van der Waals surface area contributed by atoms with E-state index in [1.807, 2.05) is 0 Å². The first kappa shape index (κ1) is 22.2. The van der Waals surface area contributed by atoms with E-state index in [0.717, 1.165) is 48.5 Å². The summed E-state index contributed by atoms with van der Waals surface area (Å²) in [6, 6.07) is 8.89. The Morgan fingerprint density at radius 1 is 0.893 bits per heavy atom. The molecule has 0 heterocycles. The number of rotatable bonds is 10. The van der Waals surface area contributed by atoms with Gasteiger partial charge in [-0.2, -0.15) is 0 Å². The molecule has 0 spiro atoms. The van der Waals surface area contributed by atoms with Crippen molar-refractivity contribution < 1.29 is 9.47 Å². The summed E-state index contributed by atoms with van der Waals surface area (Å²) in [7, 11) is 0. The van der Waals surface area contributed by atoms with Crippen molar-refractivity contribution >= 4 is 15.9 Å². The third kappa shape index (κ3) is 7.06. The fourth-order valence-electron chi connectivity index (χ4n) is 4.85. The van der Waals surface area contributed by atoms with E-state index < -0.39 is 0 Å². The van der Waals surface area contributed by atoms with Crippen molar-refractivity contribution in [1.82, 2.24) is 0 Å². The summed E-state index contributed by atoms with van der Waals surface area (Å²) in [5, 5.41) is 1.15. The molecule has 0 radical (unpaired) electrons. The van der Waals surface area contributed by atoms with Gasteiger partial charge in [-0.25, -0.2) is 0 Å². The first-order valence-corrected chi connectivity index (χ1v) is 12.8. The zero-order valence-electron chi connectivity index (χ0n) is 17.7. The van der Waals surface area contributed by atoms with Crippen molar-refractivity contribution in [2.24, 2.45) is 11.8 Å². The van der Waals surface area contributed by atoms with Crippen LogP contribution in [0.5, 0.6) is 5.75 Å². The third-order valence-electron chi connectivity index (χ3n) is 6.84. The molecular formula is C25H39BrO2. The van der Waals surface area contributed by atoms with Gasteiger partial charge in [0.2, 0.25) is 0 Å². The minimum Gasteiger partial charge on any atom is -0.494 e. The van der Waals surface area contributed by atoms with Crippen LogP contribution >= 0.6 is 15.9 Å². The molecule has 0 aromatic heterocycles. The third-order valence-corrected chi connectivity index (χ3v) is 7.30. The predicted molar refractivity (Wildman–Crippen MR) is 122 cm³/mol. The number of alkyl halides is 1. The molecule has 158 valence electrons. The van der Waals surface area contributed by atoms with Crippen molar-refractivity contribution in [2.45, 2.75) is 89.6 Å². The smallest absolute Gasteiger partial charge is 0.119 e. The highest BCUT2D eigenvalue weighted by Crippen LogP contribution is 2.37. The molecule has 1 aromatic carbocycles. The van der Waals surface area contributed by atoms with Crippen molar-refractivity contribution in [1.29, 1.82) is 0 Å². The summed E-state index contributed by atoms with van der Waals surface area (Å²) in [4.78, 5) is 0. The van der Waals surface area contributed by atoms with Gasteiger partial charge in [-0.1, -0.05) is 41.4 Å². The van der Waals surface area contributed by atoms with E-state index in [-0.39, 0.29) is 0 Å². The number of hydrogen-bond acceptors (Lipinski definition) is 2. The molecule has 2 aliphatic rings. The lowest BCUT2D eigenvalue weighted by Crippen LogP contribution is -2.26. The van der Waals surface area contributed by atoms with E-state index in [1.165, 1.54) is 69.8 Å². The van der Waals surface area contributed by atoms with Crippen molar-refractivity contribution in [3.63, 3.8) is 0 Å². The number of benzene rings is 1. The van der Waals surface area contributed by atoms with Gasteiger partial charge in [-0.3, -0.25) is 0 Å². The zero-order valence-corrected chi connectivity index (χ0v) is 19.3. The summed E-state index contributed by atoms with van der Waals surface area (Å²) in [6.07, 6.45) is 14.7. The lowest BCUT2D eigenvalue weighted by molar-refractivity contribution is -0.00786. The highest BCUT2D eigenvalue weighted by atomic mass is 79.9. The van der Waals surface area contributed by atoms with Crippen molar-refractivity contribution in [2.75, 3.05) is 18.5 Å². The van der Waals surface area contributed by atoms with Gasteiger partial charge in [0, 0.05) is 11.9 Å². The molecular weight excluding hydrogens is 412 g/mol. The Hall–Kier alpha value is -0.540. The first-order chi connectivity index (χ1) is 13.8. The quantitative estimate of drug-likeness (QED) is 0.271. The summed E-state index contributed by atoms with van der Waals surface area (Å²) in [5.41, 5.74) is 1.49. The molecule has 0 bridgehead atoms. The molecule has 3 heteroatoms. The number of hydrogen-bond donors (Lipinski definition) is 0. The van der Waals surface area contributed by atoms with Crippen molar-refractivity contribution in [3.05, 3.63) is 29.8 Å². The molecule has 0 aliphatic heterocycles. The van der Waals surface area contributed by atoms with E-state index in [0.29, 0.717) is 6.10 Å². The lowest BCUT2D eigenvalue weighted by Gasteiger charge is -2.32. The fraction of sp³-hybridized carbons (Fsp3) is 0.760. The van der Waals surface area contributed by atoms with Crippen LogP contribution in [-0.2, 0) is 4.74 Å². The van der Waals surface area contributed by atoms with Crippen LogP contribution in [-0.4, -0.2) is 24.6 Å². The van der Waals surface area contributed by atoms with E-state index in [1.54, 1.807) is 0 Å². The largest absolute Gasteiger partial charge is 0.494 e. The van der Waals surface area contributed by atoms with E-state index in [4.69, 9.17) is 9.47 Å². The standard InChI is InChI=1S/C25H39BrO2/c1-2-3-18-27-24-14-10-23(11-15-24)22-8-4-21(5-9-22)19-28-25-12-6-20(7-13-25)16-17-26/h10-11,14-15,20-22,25H,2-9,12-13,16-19H2,1H3/t20-,21-,22-,25-. The SMILES string of the molecule is CCCCOc1ccc([C@H]2CC[C@H](CO[C@H]3CC[C@H](CCBr)CC3)CC2)cc1. The Labute approximate surface area is 180 Å². The van der Waals surface area contributed by atoms with Gasteiger partial charge >= 0.3 is 0 Å². The van der Waals surface area contributed by atoms with Crippen LogP contribution in [0.2, 0.25) is 0 Å². The Morgan fingerprint density at radius 3 is 2.21 bits per heavy atom. The number of unbranched alkanes of at least 4 members (excludes halogenated alkanes) is 1.